The molecule has 2 aromatic rings. The van der Waals surface area contributed by atoms with E-state index in [0.717, 1.165) is 35.4 Å². The van der Waals surface area contributed by atoms with Crippen LogP contribution in [0.2, 0.25) is 0 Å². The molecule has 1 aromatic heterocycles. The maximum atomic E-state index is 12.6. The molecule has 1 heterocycles. The minimum atomic E-state index is -3.48. The van der Waals surface area contributed by atoms with Crippen molar-refractivity contribution in [3.05, 3.63) is 46.8 Å². The first-order chi connectivity index (χ1) is 14.2. The number of guanidine groups is 1. The van der Waals surface area contributed by atoms with Gasteiger partial charge in [-0.3, -0.25) is 4.99 Å². The predicted molar refractivity (Wildman–Crippen MR) is 119 cm³/mol. The van der Waals surface area contributed by atoms with Crippen LogP contribution in [0, 0.1) is 0 Å². The Morgan fingerprint density at radius 2 is 1.77 bits per heavy atom. The summed E-state index contributed by atoms with van der Waals surface area (Å²) in [7, 11) is -0.174. The molecule has 0 aliphatic heterocycles. The van der Waals surface area contributed by atoms with E-state index in [9.17, 15) is 8.42 Å². The molecule has 0 amide bonds. The summed E-state index contributed by atoms with van der Waals surface area (Å²) in [4.78, 5) is 4.54. The van der Waals surface area contributed by atoms with Gasteiger partial charge in [-0.05, 0) is 38.0 Å². The van der Waals surface area contributed by atoms with Crippen LogP contribution in [-0.4, -0.2) is 44.0 Å². The standard InChI is InChI=1S/C21H33N5O3S/c1-7-19-18(20(8-2)29-25-19)14-24-21(22-5)23-13-16-9-11-17(12-10-16)30(27,28)26(6)15(3)4/h9-12,15H,7-8,13-14H2,1-6H3,(H2,22,23,24). The van der Waals surface area contributed by atoms with Crippen molar-refractivity contribution in [1.82, 2.24) is 20.1 Å². The third kappa shape index (κ3) is 5.60. The van der Waals surface area contributed by atoms with Gasteiger partial charge in [-0.15, -0.1) is 0 Å². The van der Waals surface area contributed by atoms with Crippen molar-refractivity contribution in [2.24, 2.45) is 4.99 Å². The van der Waals surface area contributed by atoms with Crippen molar-refractivity contribution in [3.63, 3.8) is 0 Å². The second kappa shape index (κ2) is 10.6. The normalized spacial score (nSPS) is 12.6. The summed E-state index contributed by atoms with van der Waals surface area (Å²) in [5, 5.41) is 10.7. The topological polar surface area (TPSA) is 99.8 Å². The third-order valence-corrected chi connectivity index (χ3v) is 7.10. The largest absolute Gasteiger partial charge is 0.361 e. The summed E-state index contributed by atoms with van der Waals surface area (Å²) in [6.07, 6.45) is 1.60. The van der Waals surface area contributed by atoms with Gasteiger partial charge in [-0.1, -0.05) is 31.1 Å². The second-order valence-electron chi connectivity index (χ2n) is 7.28. The molecule has 0 saturated heterocycles. The van der Waals surface area contributed by atoms with Gasteiger partial charge in [0.05, 0.1) is 10.6 Å². The lowest BCUT2D eigenvalue weighted by Crippen LogP contribution is -2.36. The Hall–Kier alpha value is -2.39. The van der Waals surface area contributed by atoms with Gasteiger partial charge in [0.25, 0.3) is 0 Å². The van der Waals surface area contributed by atoms with Crippen molar-refractivity contribution in [3.8, 4) is 0 Å². The fourth-order valence-electron chi connectivity index (χ4n) is 2.94. The van der Waals surface area contributed by atoms with Crippen molar-refractivity contribution < 1.29 is 12.9 Å². The molecule has 0 aliphatic carbocycles. The van der Waals surface area contributed by atoms with Crippen molar-refractivity contribution in [2.75, 3.05) is 14.1 Å². The Morgan fingerprint density at radius 1 is 1.13 bits per heavy atom. The van der Waals surface area contributed by atoms with E-state index in [0.29, 0.717) is 19.0 Å². The van der Waals surface area contributed by atoms with Crippen LogP contribution in [0.5, 0.6) is 0 Å². The van der Waals surface area contributed by atoms with Gasteiger partial charge in [-0.2, -0.15) is 4.31 Å². The molecular weight excluding hydrogens is 402 g/mol. The minimum Gasteiger partial charge on any atom is -0.361 e. The van der Waals surface area contributed by atoms with E-state index in [4.69, 9.17) is 4.52 Å². The number of hydrogen-bond acceptors (Lipinski definition) is 5. The lowest BCUT2D eigenvalue weighted by atomic mass is 10.1. The molecule has 30 heavy (non-hydrogen) atoms. The number of aromatic nitrogens is 1. The predicted octanol–water partition coefficient (Wildman–Crippen LogP) is 2.69. The first-order valence-corrected chi connectivity index (χ1v) is 11.7. The zero-order valence-corrected chi connectivity index (χ0v) is 19.5. The van der Waals surface area contributed by atoms with Gasteiger partial charge >= 0.3 is 0 Å². The van der Waals surface area contributed by atoms with Crippen molar-refractivity contribution in [2.45, 2.75) is 64.6 Å². The summed E-state index contributed by atoms with van der Waals surface area (Å²) in [5.74, 6) is 1.54. The molecule has 0 aliphatic rings. The molecule has 2 N–H and O–H groups in total. The maximum absolute atomic E-state index is 12.6. The van der Waals surface area contributed by atoms with Crippen molar-refractivity contribution in [1.29, 1.82) is 0 Å². The molecule has 0 unspecified atom stereocenters. The van der Waals surface area contributed by atoms with E-state index >= 15 is 0 Å². The molecule has 9 heteroatoms. The van der Waals surface area contributed by atoms with Gasteiger partial charge < -0.3 is 15.2 Å². The van der Waals surface area contributed by atoms with Crippen LogP contribution in [0.1, 0.15) is 50.3 Å². The maximum Gasteiger partial charge on any atom is 0.243 e. The molecule has 0 saturated carbocycles. The molecular formula is C21H33N5O3S. The van der Waals surface area contributed by atoms with Crippen LogP contribution in [-0.2, 0) is 36.0 Å². The highest BCUT2D eigenvalue weighted by atomic mass is 32.2. The monoisotopic (exact) mass is 435 g/mol. The number of aryl methyl sites for hydroxylation is 2. The first kappa shape index (κ1) is 23.9. The average Bonchev–Trinajstić information content (AvgIpc) is 3.15. The third-order valence-electron chi connectivity index (χ3n) is 5.05. The lowest BCUT2D eigenvalue weighted by molar-refractivity contribution is 0.380. The highest BCUT2D eigenvalue weighted by molar-refractivity contribution is 7.89. The van der Waals surface area contributed by atoms with Gasteiger partial charge in [-0.25, -0.2) is 8.42 Å². The van der Waals surface area contributed by atoms with E-state index < -0.39 is 10.0 Å². The number of benzene rings is 1. The molecule has 0 radical (unpaired) electrons. The van der Waals surface area contributed by atoms with Crippen LogP contribution in [0.25, 0.3) is 0 Å². The van der Waals surface area contributed by atoms with E-state index in [1.54, 1.807) is 26.2 Å². The summed E-state index contributed by atoms with van der Waals surface area (Å²) >= 11 is 0. The van der Waals surface area contributed by atoms with Crippen LogP contribution in [0.15, 0.2) is 38.7 Å². The SMILES string of the molecule is CCc1noc(CC)c1CNC(=NC)NCc1ccc(S(=O)(=O)N(C)C(C)C)cc1. The molecule has 0 atom stereocenters. The average molecular weight is 436 g/mol. The van der Waals surface area contributed by atoms with Gasteiger partial charge in [0.2, 0.25) is 10.0 Å². The fraction of sp³-hybridized carbons (Fsp3) is 0.524. The van der Waals surface area contributed by atoms with Crippen LogP contribution >= 0.6 is 0 Å². The van der Waals surface area contributed by atoms with Gasteiger partial charge in [0, 0.05) is 45.2 Å². The van der Waals surface area contributed by atoms with Crippen molar-refractivity contribution >= 4 is 16.0 Å². The fourth-order valence-corrected chi connectivity index (χ4v) is 4.31. The summed E-state index contributed by atoms with van der Waals surface area (Å²) in [6.45, 7) is 8.89. The van der Waals surface area contributed by atoms with Gasteiger partial charge in [0.15, 0.2) is 5.96 Å². The Morgan fingerprint density at radius 3 is 2.30 bits per heavy atom. The summed E-state index contributed by atoms with van der Waals surface area (Å²) in [6, 6.07) is 6.80. The number of sulfonamides is 1. The number of hydrogen-bond donors (Lipinski definition) is 2. The quantitative estimate of drug-likeness (QED) is 0.464. The van der Waals surface area contributed by atoms with Gasteiger partial charge in [0.1, 0.15) is 5.76 Å². The Balaban J connectivity index is 1.98. The molecule has 166 valence electrons. The van der Waals surface area contributed by atoms with Crippen LogP contribution in [0.3, 0.4) is 0 Å². The number of rotatable bonds is 9. The lowest BCUT2D eigenvalue weighted by Gasteiger charge is -2.21. The zero-order valence-electron chi connectivity index (χ0n) is 18.7. The Bertz CT molecular complexity index is 928. The highest BCUT2D eigenvalue weighted by Gasteiger charge is 2.22. The molecule has 0 bridgehead atoms. The molecule has 8 nitrogen and oxygen atoms in total. The van der Waals surface area contributed by atoms with E-state index in [1.807, 2.05) is 32.9 Å². The van der Waals surface area contributed by atoms with E-state index in [2.05, 4.69) is 27.7 Å². The smallest absolute Gasteiger partial charge is 0.243 e. The molecule has 1 aromatic carbocycles. The van der Waals surface area contributed by atoms with Crippen LogP contribution in [0.4, 0.5) is 0 Å². The molecule has 2 rings (SSSR count). The highest BCUT2D eigenvalue weighted by Crippen LogP contribution is 2.17. The zero-order chi connectivity index (χ0) is 22.3. The number of nitrogens with zero attached hydrogens (tertiary/aromatic N) is 3. The number of aliphatic imine (C=N–C) groups is 1. The summed E-state index contributed by atoms with van der Waals surface area (Å²) in [5.41, 5.74) is 2.99. The number of nitrogens with one attached hydrogen (secondary N) is 2. The van der Waals surface area contributed by atoms with Crippen LogP contribution < -0.4 is 10.6 Å². The summed E-state index contributed by atoms with van der Waals surface area (Å²) < 4.78 is 31.9. The first-order valence-electron chi connectivity index (χ1n) is 10.2. The van der Waals surface area contributed by atoms with E-state index in [-0.39, 0.29) is 10.9 Å². The Labute approximate surface area is 179 Å². The second-order valence-corrected chi connectivity index (χ2v) is 9.27. The Kier molecular flexibility index (Phi) is 8.43. The molecule has 0 spiro atoms. The molecule has 0 fully saturated rings. The van der Waals surface area contributed by atoms with E-state index in [1.165, 1.54) is 4.31 Å². The minimum absolute atomic E-state index is 0.0994.